The minimum absolute atomic E-state index is 0.168. The molecule has 17 heavy (non-hydrogen) atoms. The maximum absolute atomic E-state index is 11.6. The first-order chi connectivity index (χ1) is 8.13. The third kappa shape index (κ3) is 3.22. The number of aromatic nitrogens is 3. The van der Waals surface area contributed by atoms with Gasteiger partial charge in [0.25, 0.3) is 0 Å². The van der Waals surface area contributed by atoms with Crippen LogP contribution in [-0.4, -0.2) is 20.2 Å². The van der Waals surface area contributed by atoms with Crippen molar-refractivity contribution in [2.45, 2.75) is 13.3 Å². The maximum Gasteiger partial charge on any atom is 0.232 e. The van der Waals surface area contributed by atoms with Crippen LogP contribution in [-0.2, 0) is 11.2 Å². The molecule has 0 saturated carbocycles. The van der Waals surface area contributed by atoms with Gasteiger partial charge in [-0.05, 0) is 19.1 Å². The predicted molar refractivity (Wildman–Crippen MR) is 65.6 cm³/mol. The monoisotopic (exact) mass is 249 g/mol. The van der Waals surface area contributed by atoms with Crippen molar-refractivity contribution in [2.75, 3.05) is 11.1 Å². The lowest BCUT2D eigenvalue weighted by molar-refractivity contribution is -0.115. The summed E-state index contributed by atoms with van der Waals surface area (Å²) in [5.41, 5.74) is 6.75. The quantitative estimate of drug-likeness (QED) is 0.846. The van der Waals surface area contributed by atoms with Crippen molar-refractivity contribution in [3.8, 4) is 0 Å². The number of carbonyl (C=O) groups excluding carboxylic acids is 1. The number of amides is 1. The zero-order valence-electron chi connectivity index (χ0n) is 9.17. The number of nitrogen functional groups attached to an aromatic ring is 1. The highest BCUT2D eigenvalue weighted by atomic mass is 32.1. The maximum atomic E-state index is 11.6. The summed E-state index contributed by atoms with van der Waals surface area (Å²) >= 11 is 1.16. The van der Waals surface area contributed by atoms with Crippen LogP contribution >= 0.6 is 11.5 Å². The van der Waals surface area contributed by atoms with Crippen molar-refractivity contribution < 1.29 is 4.79 Å². The van der Waals surface area contributed by atoms with E-state index in [-0.39, 0.29) is 12.3 Å². The number of hydrogen-bond acceptors (Lipinski definition) is 6. The van der Waals surface area contributed by atoms with Gasteiger partial charge < -0.3 is 11.1 Å². The van der Waals surface area contributed by atoms with Gasteiger partial charge in [0.05, 0.1) is 18.3 Å². The molecule has 3 N–H and O–H groups in total. The molecule has 0 radical (unpaired) electrons. The van der Waals surface area contributed by atoms with Gasteiger partial charge in [-0.25, -0.2) is 4.98 Å². The molecular formula is C10H11N5OS. The van der Waals surface area contributed by atoms with Crippen molar-refractivity contribution in [1.82, 2.24) is 14.3 Å². The molecule has 1 amide bonds. The average Bonchev–Trinajstić information content (AvgIpc) is 2.67. The topological polar surface area (TPSA) is 93.8 Å². The number of carbonyl (C=O) groups is 1. The van der Waals surface area contributed by atoms with E-state index >= 15 is 0 Å². The van der Waals surface area contributed by atoms with E-state index in [9.17, 15) is 4.79 Å². The van der Waals surface area contributed by atoms with Crippen LogP contribution in [0.2, 0.25) is 0 Å². The van der Waals surface area contributed by atoms with Crippen LogP contribution in [0.25, 0.3) is 0 Å². The SMILES string of the molecule is Cc1nsc(NC(=O)Cc2ccc(N)cn2)n1. The number of pyridine rings is 1. The Bertz CT molecular complexity index is 522. The molecule has 0 unspecified atom stereocenters. The van der Waals surface area contributed by atoms with Crippen molar-refractivity contribution in [2.24, 2.45) is 0 Å². The van der Waals surface area contributed by atoms with Crippen LogP contribution in [0.3, 0.4) is 0 Å². The highest BCUT2D eigenvalue weighted by Crippen LogP contribution is 2.10. The second kappa shape index (κ2) is 4.88. The predicted octanol–water partition coefficient (Wildman–Crippen LogP) is 1.00. The van der Waals surface area contributed by atoms with E-state index in [0.29, 0.717) is 22.3 Å². The summed E-state index contributed by atoms with van der Waals surface area (Å²) in [5, 5.41) is 3.16. The lowest BCUT2D eigenvalue weighted by atomic mass is 10.2. The van der Waals surface area contributed by atoms with Gasteiger partial charge in [0.15, 0.2) is 0 Å². The minimum Gasteiger partial charge on any atom is -0.397 e. The Morgan fingerprint density at radius 1 is 1.53 bits per heavy atom. The highest BCUT2D eigenvalue weighted by molar-refractivity contribution is 7.09. The van der Waals surface area contributed by atoms with Crippen molar-refractivity contribution in [3.05, 3.63) is 29.8 Å². The molecule has 0 aliphatic heterocycles. The second-order valence-electron chi connectivity index (χ2n) is 3.45. The van der Waals surface area contributed by atoms with E-state index in [1.54, 1.807) is 19.1 Å². The van der Waals surface area contributed by atoms with Gasteiger partial charge in [-0.1, -0.05) is 0 Å². The number of nitrogens with one attached hydrogen (secondary N) is 1. The average molecular weight is 249 g/mol. The molecule has 2 aromatic rings. The fraction of sp³-hybridized carbons (Fsp3) is 0.200. The number of nitrogens with two attached hydrogens (primary N) is 1. The zero-order chi connectivity index (χ0) is 12.3. The molecule has 2 heterocycles. The first-order valence-corrected chi connectivity index (χ1v) is 5.71. The van der Waals surface area contributed by atoms with Gasteiger partial charge in [-0.15, -0.1) is 0 Å². The Morgan fingerprint density at radius 3 is 2.94 bits per heavy atom. The van der Waals surface area contributed by atoms with Gasteiger partial charge in [-0.3, -0.25) is 9.78 Å². The van der Waals surface area contributed by atoms with Crippen molar-refractivity contribution in [3.63, 3.8) is 0 Å². The molecule has 0 aromatic carbocycles. The van der Waals surface area contributed by atoms with E-state index in [1.165, 1.54) is 6.20 Å². The Kier molecular flexibility index (Phi) is 3.29. The van der Waals surface area contributed by atoms with E-state index < -0.39 is 0 Å². The summed E-state index contributed by atoms with van der Waals surface area (Å²) in [6, 6.07) is 3.44. The molecular weight excluding hydrogens is 238 g/mol. The standard InChI is InChI=1S/C10H11N5OS/c1-6-13-10(17-15-6)14-9(16)4-8-3-2-7(11)5-12-8/h2-3,5H,4,11H2,1H3,(H,13,14,15,16). The van der Waals surface area contributed by atoms with Crippen molar-refractivity contribution in [1.29, 1.82) is 0 Å². The number of hydrogen-bond donors (Lipinski definition) is 2. The van der Waals surface area contributed by atoms with Gasteiger partial charge in [-0.2, -0.15) is 4.37 Å². The van der Waals surface area contributed by atoms with Gasteiger partial charge >= 0.3 is 0 Å². The second-order valence-corrected chi connectivity index (χ2v) is 4.21. The Hall–Kier alpha value is -2.02. The summed E-state index contributed by atoms with van der Waals surface area (Å²) in [6.07, 6.45) is 1.72. The van der Waals surface area contributed by atoms with Crippen LogP contribution in [0.4, 0.5) is 10.8 Å². The van der Waals surface area contributed by atoms with Crippen LogP contribution in [0, 0.1) is 6.92 Å². The molecule has 0 spiro atoms. The summed E-state index contributed by atoms with van der Waals surface area (Å²) < 4.78 is 3.97. The molecule has 0 aliphatic rings. The Morgan fingerprint density at radius 2 is 2.35 bits per heavy atom. The number of aryl methyl sites for hydroxylation is 1. The zero-order valence-corrected chi connectivity index (χ0v) is 9.99. The lowest BCUT2D eigenvalue weighted by Crippen LogP contribution is -2.15. The molecule has 0 fully saturated rings. The molecule has 7 heteroatoms. The first kappa shape index (κ1) is 11.5. The van der Waals surface area contributed by atoms with E-state index in [0.717, 1.165) is 11.5 Å². The Labute approximate surface area is 102 Å². The Balaban J connectivity index is 1.95. The molecule has 0 atom stereocenters. The van der Waals surface area contributed by atoms with Crippen LogP contribution in [0.5, 0.6) is 0 Å². The van der Waals surface area contributed by atoms with Gasteiger partial charge in [0.1, 0.15) is 5.82 Å². The summed E-state index contributed by atoms with van der Waals surface area (Å²) in [5.74, 6) is 0.481. The summed E-state index contributed by atoms with van der Waals surface area (Å²) in [6.45, 7) is 1.77. The van der Waals surface area contributed by atoms with Crippen LogP contribution in [0.1, 0.15) is 11.5 Å². The fourth-order valence-corrected chi connectivity index (χ4v) is 1.81. The van der Waals surface area contributed by atoms with E-state index in [2.05, 4.69) is 19.7 Å². The number of nitrogens with zero attached hydrogens (tertiary/aromatic N) is 3. The summed E-state index contributed by atoms with van der Waals surface area (Å²) in [7, 11) is 0. The number of anilines is 2. The van der Waals surface area contributed by atoms with E-state index in [4.69, 9.17) is 5.73 Å². The molecule has 0 bridgehead atoms. The van der Waals surface area contributed by atoms with Crippen molar-refractivity contribution >= 4 is 28.3 Å². The van der Waals surface area contributed by atoms with E-state index in [1.807, 2.05) is 0 Å². The molecule has 0 saturated heterocycles. The molecule has 88 valence electrons. The summed E-state index contributed by atoms with van der Waals surface area (Å²) in [4.78, 5) is 19.7. The third-order valence-corrected chi connectivity index (χ3v) is 2.69. The normalized spacial score (nSPS) is 10.2. The van der Waals surface area contributed by atoms with Crippen LogP contribution < -0.4 is 11.1 Å². The van der Waals surface area contributed by atoms with Gasteiger partial charge in [0, 0.05) is 17.2 Å². The third-order valence-electron chi connectivity index (χ3n) is 1.96. The molecule has 2 rings (SSSR count). The molecule has 2 aromatic heterocycles. The smallest absolute Gasteiger partial charge is 0.232 e. The molecule has 6 nitrogen and oxygen atoms in total. The minimum atomic E-state index is -0.168. The van der Waals surface area contributed by atoms with Gasteiger partial charge in [0.2, 0.25) is 11.0 Å². The highest BCUT2D eigenvalue weighted by Gasteiger charge is 2.07. The number of rotatable bonds is 3. The fourth-order valence-electron chi connectivity index (χ4n) is 1.22. The lowest BCUT2D eigenvalue weighted by Gasteiger charge is -2.01. The first-order valence-electron chi connectivity index (χ1n) is 4.94. The molecule has 0 aliphatic carbocycles. The largest absolute Gasteiger partial charge is 0.397 e. The van der Waals surface area contributed by atoms with Crippen LogP contribution in [0.15, 0.2) is 18.3 Å².